The Morgan fingerprint density at radius 2 is 2.00 bits per heavy atom. The zero-order valence-electron chi connectivity index (χ0n) is 15.3. The lowest BCUT2D eigenvalue weighted by Gasteiger charge is -2.48. The van der Waals surface area contributed by atoms with E-state index in [0.29, 0.717) is 12.1 Å². The van der Waals surface area contributed by atoms with Crippen LogP contribution < -0.4 is 10.2 Å². The zero-order chi connectivity index (χ0) is 18.1. The van der Waals surface area contributed by atoms with Crippen LogP contribution in [0.4, 0.5) is 5.69 Å². The van der Waals surface area contributed by atoms with Crippen molar-refractivity contribution in [3.63, 3.8) is 0 Å². The lowest BCUT2D eigenvalue weighted by Crippen LogP contribution is -2.61. The highest BCUT2D eigenvalue weighted by atomic mass is 16.5. The fourth-order valence-electron chi connectivity index (χ4n) is 3.82. The number of amides is 1. The van der Waals surface area contributed by atoms with Gasteiger partial charge in [-0.1, -0.05) is 0 Å². The molecule has 0 atom stereocenters. The molecule has 1 aromatic heterocycles. The van der Waals surface area contributed by atoms with Gasteiger partial charge in [0.25, 0.3) is 5.91 Å². The minimum atomic E-state index is -0.0929. The molecule has 1 spiro atoms. The Hall–Kier alpha value is -2.47. The van der Waals surface area contributed by atoms with Gasteiger partial charge >= 0.3 is 0 Å². The molecule has 2 aromatic rings. The number of ether oxygens (including phenoxy) is 1. The van der Waals surface area contributed by atoms with E-state index >= 15 is 0 Å². The summed E-state index contributed by atoms with van der Waals surface area (Å²) >= 11 is 0. The van der Waals surface area contributed by atoms with Crippen LogP contribution in [0.5, 0.6) is 0 Å². The van der Waals surface area contributed by atoms with Crippen molar-refractivity contribution in [1.29, 1.82) is 0 Å². The Morgan fingerprint density at radius 1 is 1.23 bits per heavy atom. The van der Waals surface area contributed by atoms with Gasteiger partial charge in [-0.25, -0.2) is 9.97 Å². The van der Waals surface area contributed by atoms with E-state index < -0.39 is 0 Å². The number of aryl methyl sites for hydroxylation is 2. The molecule has 0 aliphatic carbocycles. The lowest BCUT2D eigenvalue weighted by atomic mass is 9.90. The normalized spacial score (nSPS) is 18.0. The minimum absolute atomic E-state index is 0.0872. The van der Waals surface area contributed by atoms with Crippen LogP contribution in [0.2, 0.25) is 0 Å². The molecule has 2 aliphatic heterocycles. The third-order valence-electron chi connectivity index (χ3n) is 5.09. The molecule has 0 saturated carbocycles. The van der Waals surface area contributed by atoms with Crippen LogP contribution in [0, 0.1) is 13.8 Å². The first kappa shape index (κ1) is 17.0. The highest BCUT2D eigenvalue weighted by Crippen LogP contribution is 2.37. The van der Waals surface area contributed by atoms with Gasteiger partial charge in [-0.05, 0) is 57.0 Å². The smallest absolute Gasteiger partial charge is 0.251 e. The zero-order valence-corrected chi connectivity index (χ0v) is 15.3. The molecule has 1 aromatic carbocycles. The Balaban J connectivity index is 1.34. The van der Waals surface area contributed by atoms with Crippen LogP contribution in [0.15, 0.2) is 30.3 Å². The van der Waals surface area contributed by atoms with E-state index in [1.54, 1.807) is 0 Å². The van der Waals surface area contributed by atoms with Crippen molar-refractivity contribution in [2.75, 3.05) is 24.6 Å². The molecular formula is C20H24N4O2. The van der Waals surface area contributed by atoms with E-state index in [2.05, 4.69) is 20.2 Å². The number of nitrogens with one attached hydrogen (secondary N) is 1. The van der Waals surface area contributed by atoms with Crippen LogP contribution in [-0.2, 0) is 11.3 Å². The third kappa shape index (κ3) is 3.42. The van der Waals surface area contributed by atoms with Crippen molar-refractivity contribution in [2.24, 2.45) is 0 Å². The standard InChI is InChI=1S/C20H24N4O2/c1-14-10-17(23-15(2)22-14)11-21-19(25)16-4-6-18(7-5-16)24-12-20(13-24)8-3-9-26-20/h4-7,10H,3,8-9,11-13H2,1-2H3,(H,21,25). The molecule has 2 aliphatic rings. The predicted octanol–water partition coefficient (Wildman–Crippen LogP) is 2.39. The molecular weight excluding hydrogens is 328 g/mol. The van der Waals surface area contributed by atoms with Crippen LogP contribution in [0.1, 0.15) is 40.4 Å². The topological polar surface area (TPSA) is 67.4 Å². The Morgan fingerprint density at radius 3 is 2.65 bits per heavy atom. The average molecular weight is 352 g/mol. The number of nitrogens with zero attached hydrogens (tertiary/aromatic N) is 3. The summed E-state index contributed by atoms with van der Waals surface area (Å²) in [6, 6.07) is 9.66. The molecule has 2 fully saturated rings. The number of hydrogen-bond acceptors (Lipinski definition) is 5. The van der Waals surface area contributed by atoms with E-state index in [1.807, 2.05) is 44.2 Å². The van der Waals surface area contributed by atoms with E-state index in [-0.39, 0.29) is 11.5 Å². The van der Waals surface area contributed by atoms with Gasteiger partial charge in [0.2, 0.25) is 0 Å². The lowest BCUT2D eigenvalue weighted by molar-refractivity contribution is -0.0180. The van der Waals surface area contributed by atoms with Gasteiger partial charge in [-0.2, -0.15) is 0 Å². The van der Waals surface area contributed by atoms with Gasteiger partial charge in [0.15, 0.2) is 0 Å². The number of hydrogen-bond donors (Lipinski definition) is 1. The first-order valence-corrected chi connectivity index (χ1v) is 9.11. The highest BCUT2D eigenvalue weighted by molar-refractivity contribution is 5.94. The summed E-state index contributed by atoms with van der Waals surface area (Å²) in [5.41, 5.74) is 3.62. The SMILES string of the molecule is Cc1cc(CNC(=O)c2ccc(N3CC4(CCCO4)C3)cc2)nc(C)n1. The summed E-state index contributed by atoms with van der Waals surface area (Å²) < 4.78 is 5.86. The summed E-state index contributed by atoms with van der Waals surface area (Å²) in [6.07, 6.45) is 2.32. The quantitative estimate of drug-likeness (QED) is 0.915. The van der Waals surface area contributed by atoms with Gasteiger partial charge < -0.3 is 15.0 Å². The number of benzene rings is 1. The van der Waals surface area contributed by atoms with Gasteiger partial charge in [0.1, 0.15) is 11.4 Å². The molecule has 1 N–H and O–H groups in total. The number of carbonyl (C=O) groups is 1. The maximum absolute atomic E-state index is 12.4. The first-order chi connectivity index (χ1) is 12.5. The molecule has 0 unspecified atom stereocenters. The largest absolute Gasteiger partial charge is 0.371 e. The molecule has 26 heavy (non-hydrogen) atoms. The molecule has 0 bridgehead atoms. The first-order valence-electron chi connectivity index (χ1n) is 9.11. The van der Waals surface area contributed by atoms with E-state index in [1.165, 1.54) is 6.42 Å². The van der Waals surface area contributed by atoms with E-state index in [0.717, 1.165) is 49.0 Å². The fourth-order valence-corrected chi connectivity index (χ4v) is 3.82. The second-order valence-electron chi connectivity index (χ2n) is 7.27. The van der Waals surface area contributed by atoms with Crippen LogP contribution in [-0.4, -0.2) is 41.2 Å². The van der Waals surface area contributed by atoms with Crippen molar-refractivity contribution in [2.45, 2.75) is 38.8 Å². The summed E-state index contributed by atoms with van der Waals surface area (Å²) in [5.74, 6) is 0.627. The van der Waals surface area contributed by atoms with Crippen LogP contribution >= 0.6 is 0 Å². The summed E-state index contributed by atoms with van der Waals surface area (Å²) in [6.45, 7) is 6.97. The molecule has 136 valence electrons. The average Bonchev–Trinajstić information content (AvgIpc) is 3.08. The molecule has 6 nitrogen and oxygen atoms in total. The molecule has 1 amide bonds. The van der Waals surface area contributed by atoms with Crippen molar-refractivity contribution in [3.05, 3.63) is 53.1 Å². The van der Waals surface area contributed by atoms with Gasteiger partial charge in [0, 0.05) is 36.6 Å². The second-order valence-corrected chi connectivity index (χ2v) is 7.27. The van der Waals surface area contributed by atoms with Gasteiger partial charge in [-0.15, -0.1) is 0 Å². The van der Waals surface area contributed by atoms with Crippen molar-refractivity contribution >= 4 is 11.6 Å². The molecule has 3 heterocycles. The number of rotatable bonds is 4. The summed E-state index contributed by atoms with van der Waals surface area (Å²) in [4.78, 5) is 23.3. The summed E-state index contributed by atoms with van der Waals surface area (Å²) in [5, 5.41) is 2.92. The van der Waals surface area contributed by atoms with Crippen LogP contribution in [0.3, 0.4) is 0 Å². The number of aromatic nitrogens is 2. The van der Waals surface area contributed by atoms with Gasteiger partial charge in [-0.3, -0.25) is 4.79 Å². The van der Waals surface area contributed by atoms with Gasteiger partial charge in [0.05, 0.1) is 12.2 Å². The maximum atomic E-state index is 12.4. The number of carbonyl (C=O) groups excluding carboxylic acids is 1. The highest BCUT2D eigenvalue weighted by Gasteiger charge is 2.46. The third-order valence-corrected chi connectivity index (χ3v) is 5.09. The Bertz CT molecular complexity index is 785. The Kier molecular flexibility index (Phi) is 4.36. The monoisotopic (exact) mass is 352 g/mol. The minimum Gasteiger partial charge on any atom is -0.371 e. The number of anilines is 1. The second kappa shape index (κ2) is 6.68. The fraction of sp³-hybridized carbons (Fsp3) is 0.450. The van der Waals surface area contributed by atoms with E-state index in [4.69, 9.17) is 4.74 Å². The maximum Gasteiger partial charge on any atom is 0.251 e. The van der Waals surface area contributed by atoms with Crippen LogP contribution in [0.25, 0.3) is 0 Å². The van der Waals surface area contributed by atoms with Crippen molar-refractivity contribution < 1.29 is 9.53 Å². The molecule has 6 heteroatoms. The molecule has 2 saturated heterocycles. The van der Waals surface area contributed by atoms with Crippen molar-refractivity contribution in [3.8, 4) is 0 Å². The van der Waals surface area contributed by atoms with Crippen molar-refractivity contribution in [1.82, 2.24) is 15.3 Å². The predicted molar refractivity (Wildman–Crippen MR) is 99.2 cm³/mol. The molecule has 0 radical (unpaired) electrons. The Labute approximate surface area is 153 Å². The summed E-state index contributed by atoms with van der Waals surface area (Å²) in [7, 11) is 0. The van der Waals surface area contributed by atoms with E-state index in [9.17, 15) is 4.79 Å². The molecule has 4 rings (SSSR count).